The molecule has 1 heterocycles. The van der Waals surface area contributed by atoms with Gasteiger partial charge in [0.25, 0.3) is 5.91 Å². The summed E-state index contributed by atoms with van der Waals surface area (Å²) in [6.07, 6.45) is 1.47. The van der Waals surface area contributed by atoms with E-state index >= 15 is 0 Å². The lowest BCUT2D eigenvalue weighted by Crippen LogP contribution is -2.42. The molecule has 7 nitrogen and oxygen atoms in total. The summed E-state index contributed by atoms with van der Waals surface area (Å²) in [5.41, 5.74) is 3.11. The number of benzene rings is 1. The summed E-state index contributed by atoms with van der Waals surface area (Å²) in [6, 6.07) is 3.33. The molecular weight excluding hydrogens is 322 g/mol. The van der Waals surface area contributed by atoms with Crippen molar-refractivity contribution in [3.05, 3.63) is 22.7 Å². The number of halogens is 1. The van der Waals surface area contributed by atoms with Gasteiger partial charge in [0.1, 0.15) is 0 Å². The van der Waals surface area contributed by atoms with E-state index in [0.29, 0.717) is 41.8 Å². The quantitative estimate of drug-likeness (QED) is 0.620. The summed E-state index contributed by atoms with van der Waals surface area (Å²) < 4.78 is 15.6. The van der Waals surface area contributed by atoms with E-state index in [2.05, 4.69) is 10.5 Å². The Labute approximate surface area is 140 Å². The van der Waals surface area contributed by atoms with Crippen LogP contribution in [0.25, 0.3) is 0 Å². The largest absolute Gasteiger partial charge is 0.493 e. The second-order valence-corrected chi connectivity index (χ2v) is 5.32. The zero-order valence-corrected chi connectivity index (χ0v) is 13.9. The molecular formula is C15H20ClN3O4. The van der Waals surface area contributed by atoms with Crippen LogP contribution in [-0.2, 0) is 9.53 Å². The number of nitrogens with zero attached hydrogens (tertiary/aromatic N) is 2. The zero-order valence-electron chi connectivity index (χ0n) is 13.2. The zero-order chi connectivity index (χ0) is 16.7. The van der Waals surface area contributed by atoms with Gasteiger partial charge in [-0.3, -0.25) is 9.69 Å². The van der Waals surface area contributed by atoms with E-state index in [1.807, 2.05) is 4.90 Å². The average molecular weight is 342 g/mol. The average Bonchev–Trinajstić information content (AvgIpc) is 2.56. The first-order chi connectivity index (χ1) is 11.1. The lowest BCUT2D eigenvalue weighted by Gasteiger charge is -2.25. The molecule has 0 unspecified atom stereocenters. The van der Waals surface area contributed by atoms with E-state index in [0.717, 1.165) is 13.1 Å². The Morgan fingerprint density at radius 3 is 2.65 bits per heavy atom. The maximum Gasteiger partial charge on any atom is 0.254 e. The first kappa shape index (κ1) is 17.5. The molecule has 8 heteroatoms. The topological polar surface area (TPSA) is 72.4 Å². The van der Waals surface area contributed by atoms with Gasteiger partial charge in [0.05, 0.1) is 45.2 Å². The van der Waals surface area contributed by atoms with Crippen molar-refractivity contribution in [1.82, 2.24) is 10.3 Å². The number of hydrazone groups is 1. The molecule has 0 spiro atoms. The van der Waals surface area contributed by atoms with Gasteiger partial charge in [-0.05, 0) is 6.07 Å². The van der Waals surface area contributed by atoms with Gasteiger partial charge in [-0.1, -0.05) is 11.6 Å². The fourth-order valence-electron chi connectivity index (χ4n) is 2.14. The van der Waals surface area contributed by atoms with Gasteiger partial charge >= 0.3 is 0 Å². The minimum atomic E-state index is -0.181. The predicted molar refractivity (Wildman–Crippen MR) is 87.6 cm³/mol. The van der Waals surface area contributed by atoms with Crippen molar-refractivity contribution in [2.24, 2.45) is 5.10 Å². The molecule has 1 aromatic carbocycles. The third-order valence-corrected chi connectivity index (χ3v) is 3.69. The molecule has 126 valence electrons. The molecule has 0 aliphatic carbocycles. The number of ether oxygens (including phenoxy) is 3. The van der Waals surface area contributed by atoms with Crippen molar-refractivity contribution < 1.29 is 19.0 Å². The van der Waals surface area contributed by atoms with Crippen LogP contribution in [0.4, 0.5) is 0 Å². The van der Waals surface area contributed by atoms with Crippen LogP contribution in [-0.4, -0.2) is 64.1 Å². The molecule has 2 rings (SSSR count). The third-order valence-electron chi connectivity index (χ3n) is 3.37. The highest BCUT2D eigenvalue weighted by Gasteiger charge is 2.13. The molecule has 23 heavy (non-hydrogen) atoms. The number of hydrogen-bond donors (Lipinski definition) is 1. The summed E-state index contributed by atoms with van der Waals surface area (Å²) in [6.45, 7) is 3.09. The first-order valence-electron chi connectivity index (χ1n) is 7.17. The second-order valence-electron chi connectivity index (χ2n) is 4.91. The Morgan fingerprint density at radius 2 is 2.00 bits per heavy atom. The van der Waals surface area contributed by atoms with Gasteiger partial charge in [0.2, 0.25) is 0 Å². The summed E-state index contributed by atoms with van der Waals surface area (Å²) in [5.74, 6) is 0.892. The molecule has 1 amide bonds. The first-order valence-corrected chi connectivity index (χ1v) is 7.55. The minimum absolute atomic E-state index is 0.181. The van der Waals surface area contributed by atoms with Gasteiger partial charge in [-0.15, -0.1) is 0 Å². The van der Waals surface area contributed by atoms with Gasteiger partial charge in [-0.25, -0.2) is 5.43 Å². The number of amides is 1. The lowest BCUT2D eigenvalue weighted by molar-refractivity contribution is -0.123. The van der Waals surface area contributed by atoms with Crippen LogP contribution in [0.1, 0.15) is 5.56 Å². The highest BCUT2D eigenvalue weighted by atomic mass is 35.5. The van der Waals surface area contributed by atoms with Crippen LogP contribution < -0.4 is 14.9 Å². The number of methoxy groups -OCH3 is 2. The Hall–Kier alpha value is -1.83. The van der Waals surface area contributed by atoms with E-state index < -0.39 is 0 Å². The van der Waals surface area contributed by atoms with E-state index in [-0.39, 0.29) is 5.91 Å². The van der Waals surface area contributed by atoms with Crippen LogP contribution >= 0.6 is 11.6 Å². The minimum Gasteiger partial charge on any atom is -0.493 e. The van der Waals surface area contributed by atoms with Crippen molar-refractivity contribution in [3.63, 3.8) is 0 Å². The van der Waals surface area contributed by atoms with Crippen molar-refractivity contribution in [2.75, 3.05) is 47.1 Å². The fourth-order valence-corrected chi connectivity index (χ4v) is 2.34. The standard InChI is InChI=1S/C15H20ClN3O4/c1-21-13-7-11(12(16)8-14(13)22-2)9-17-18-15(20)10-19-3-5-23-6-4-19/h7-9H,3-6,10H2,1-2H3,(H,18,20)/b17-9-. The SMILES string of the molecule is COc1cc(Cl)c(/C=N\NC(=O)CN2CCOCC2)cc1OC. The van der Waals surface area contributed by atoms with Crippen LogP contribution in [0.2, 0.25) is 5.02 Å². The van der Waals surface area contributed by atoms with E-state index in [1.165, 1.54) is 20.4 Å². The number of rotatable bonds is 6. The molecule has 1 N–H and O–H groups in total. The molecule has 0 radical (unpaired) electrons. The highest BCUT2D eigenvalue weighted by Crippen LogP contribution is 2.32. The Balaban J connectivity index is 1.93. The fraction of sp³-hybridized carbons (Fsp3) is 0.467. The molecule has 1 aliphatic rings. The third kappa shape index (κ3) is 5.09. The van der Waals surface area contributed by atoms with Crippen molar-refractivity contribution in [3.8, 4) is 11.5 Å². The molecule has 0 atom stereocenters. The van der Waals surface area contributed by atoms with Crippen molar-refractivity contribution in [2.45, 2.75) is 0 Å². The predicted octanol–water partition coefficient (Wildman–Crippen LogP) is 1.14. The molecule has 0 saturated carbocycles. The number of hydrogen-bond acceptors (Lipinski definition) is 6. The molecule has 0 aromatic heterocycles. The van der Waals surface area contributed by atoms with Crippen LogP contribution in [0.3, 0.4) is 0 Å². The summed E-state index contributed by atoms with van der Waals surface area (Å²) in [4.78, 5) is 13.8. The second kappa shape index (κ2) is 8.71. The molecule has 1 saturated heterocycles. The number of carbonyl (C=O) groups excluding carboxylic acids is 1. The number of carbonyl (C=O) groups is 1. The van der Waals surface area contributed by atoms with Gasteiger partial charge < -0.3 is 14.2 Å². The van der Waals surface area contributed by atoms with Crippen molar-refractivity contribution in [1.29, 1.82) is 0 Å². The maximum atomic E-state index is 11.8. The van der Waals surface area contributed by atoms with Crippen LogP contribution in [0.5, 0.6) is 11.5 Å². The Bertz CT molecular complexity index is 574. The highest BCUT2D eigenvalue weighted by molar-refractivity contribution is 6.33. The number of morpholine rings is 1. The molecule has 1 aromatic rings. The smallest absolute Gasteiger partial charge is 0.254 e. The van der Waals surface area contributed by atoms with Crippen molar-refractivity contribution >= 4 is 23.7 Å². The summed E-state index contributed by atoms with van der Waals surface area (Å²) in [7, 11) is 3.07. The van der Waals surface area contributed by atoms with Gasteiger partial charge in [-0.2, -0.15) is 5.10 Å². The van der Waals surface area contributed by atoms with Crippen LogP contribution in [0.15, 0.2) is 17.2 Å². The van der Waals surface area contributed by atoms with E-state index in [4.69, 9.17) is 25.8 Å². The van der Waals surface area contributed by atoms with E-state index in [1.54, 1.807) is 12.1 Å². The molecule has 1 fully saturated rings. The summed E-state index contributed by atoms with van der Waals surface area (Å²) in [5, 5.41) is 4.39. The molecule has 1 aliphatic heterocycles. The van der Waals surface area contributed by atoms with Gasteiger partial charge in [0.15, 0.2) is 11.5 Å². The normalized spacial score (nSPS) is 15.6. The number of nitrogens with one attached hydrogen (secondary N) is 1. The Morgan fingerprint density at radius 1 is 1.35 bits per heavy atom. The summed E-state index contributed by atoms with van der Waals surface area (Å²) >= 11 is 6.15. The maximum absolute atomic E-state index is 11.8. The monoisotopic (exact) mass is 341 g/mol. The van der Waals surface area contributed by atoms with Gasteiger partial charge in [0, 0.05) is 24.7 Å². The van der Waals surface area contributed by atoms with E-state index in [9.17, 15) is 4.79 Å². The Kier molecular flexibility index (Phi) is 6.64. The lowest BCUT2D eigenvalue weighted by atomic mass is 10.2. The van der Waals surface area contributed by atoms with Crippen LogP contribution in [0, 0.1) is 0 Å². The molecule has 0 bridgehead atoms.